The predicted octanol–water partition coefficient (Wildman–Crippen LogP) is 3.58. The molecule has 0 radical (unpaired) electrons. The Morgan fingerprint density at radius 3 is 2.90 bits per heavy atom. The van der Waals surface area contributed by atoms with E-state index in [4.69, 9.17) is 0 Å². The molecule has 0 amide bonds. The summed E-state index contributed by atoms with van der Waals surface area (Å²) in [6.45, 7) is 2.74. The summed E-state index contributed by atoms with van der Waals surface area (Å²) in [6, 6.07) is 7.00. The first-order valence-corrected chi connectivity index (χ1v) is 7.25. The highest BCUT2D eigenvalue weighted by atomic mass is 79.9. The number of carboxylic acid groups (broad SMARTS) is 1. The Labute approximate surface area is 129 Å². The lowest BCUT2D eigenvalue weighted by Crippen LogP contribution is -2.00. The Morgan fingerprint density at radius 2 is 2.24 bits per heavy atom. The summed E-state index contributed by atoms with van der Waals surface area (Å²) >= 11 is 3.43. The van der Waals surface area contributed by atoms with Crippen LogP contribution in [0.15, 0.2) is 41.1 Å². The summed E-state index contributed by atoms with van der Waals surface area (Å²) in [5.41, 5.74) is 2.28. The number of rotatable bonds is 3. The smallest absolute Gasteiger partial charge is 0.336 e. The lowest BCUT2D eigenvalue weighted by molar-refractivity contribution is 0.0699. The number of para-hydroxylation sites is 1. The minimum absolute atomic E-state index is 0.237. The molecule has 0 aliphatic heterocycles. The van der Waals surface area contributed by atoms with E-state index >= 15 is 0 Å². The van der Waals surface area contributed by atoms with Crippen LogP contribution >= 0.6 is 15.9 Å². The van der Waals surface area contributed by atoms with E-state index in [1.54, 1.807) is 29.1 Å². The number of halogens is 1. The van der Waals surface area contributed by atoms with Crippen LogP contribution in [0.4, 0.5) is 0 Å². The minimum Gasteiger partial charge on any atom is -0.478 e. The summed E-state index contributed by atoms with van der Waals surface area (Å²) in [7, 11) is 0. The third-order valence-corrected chi connectivity index (χ3v) is 3.91. The van der Waals surface area contributed by atoms with E-state index in [-0.39, 0.29) is 5.56 Å². The lowest BCUT2D eigenvalue weighted by Gasteiger charge is -2.07. The maximum atomic E-state index is 11.5. The SMILES string of the molecule is CCn1cc(-c2cc(C(=O)O)c3cccc(Br)c3n2)cn1. The fourth-order valence-electron chi connectivity index (χ4n) is 2.21. The summed E-state index contributed by atoms with van der Waals surface area (Å²) in [6.07, 6.45) is 3.55. The number of aromatic carboxylic acids is 1. The fraction of sp³-hybridized carbons (Fsp3) is 0.133. The number of carboxylic acids is 1. The number of benzene rings is 1. The van der Waals surface area contributed by atoms with Crippen LogP contribution in [0.25, 0.3) is 22.2 Å². The molecule has 0 fully saturated rings. The molecule has 0 saturated heterocycles. The van der Waals surface area contributed by atoms with Crippen molar-refractivity contribution in [2.24, 2.45) is 0 Å². The largest absolute Gasteiger partial charge is 0.478 e. The molecule has 3 aromatic rings. The van der Waals surface area contributed by atoms with Gasteiger partial charge in [0.25, 0.3) is 0 Å². The fourth-order valence-corrected chi connectivity index (χ4v) is 2.66. The minimum atomic E-state index is -0.968. The van der Waals surface area contributed by atoms with Gasteiger partial charge in [0, 0.05) is 28.2 Å². The molecule has 1 aromatic carbocycles. The molecule has 2 heterocycles. The molecule has 2 aromatic heterocycles. The standard InChI is InChI=1S/C15H12BrN3O2/c1-2-19-8-9(7-17-19)13-6-11(15(20)21)10-4-3-5-12(16)14(10)18-13/h3-8H,2H2,1H3,(H,20,21). The van der Waals surface area contributed by atoms with Crippen molar-refractivity contribution in [1.29, 1.82) is 0 Å². The number of hydrogen-bond acceptors (Lipinski definition) is 3. The molecule has 0 aliphatic carbocycles. The highest BCUT2D eigenvalue weighted by Crippen LogP contribution is 2.29. The van der Waals surface area contributed by atoms with E-state index in [9.17, 15) is 9.90 Å². The number of hydrogen-bond donors (Lipinski definition) is 1. The topological polar surface area (TPSA) is 68.0 Å². The van der Waals surface area contributed by atoms with Crippen LogP contribution in [0.1, 0.15) is 17.3 Å². The van der Waals surface area contributed by atoms with Gasteiger partial charge < -0.3 is 5.11 Å². The van der Waals surface area contributed by atoms with E-state index in [1.807, 2.05) is 19.2 Å². The van der Waals surface area contributed by atoms with Gasteiger partial charge in [0.05, 0.1) is 23.0 Å². The van der Waals surface area contributed by atoms with Crippen LogP contribution in [0.3, 0.4) is 0 Å². The van der Waals surface area contributed by atoms with E-state index in [1.165, 1.54) is 0 Å². The van der Waals surface area contributed by atoms with Crippen molar-refractivity contribution < 1.29 is 9.90 Å². The number of fused-ring (bicyclic) bond motifs is 1. The van der Waals surface area contributed by atoms with Gasteiger partial charge in [0.1, 0.15) is 0 Å². The number of aromatic nitrogens is 3. The zero-order valence-corrected chi connectivity index (χ0v) is 12.8. The van der Waals surface area contributed by atoms with Crippen molar-refractivity contribution in [2.75, 3.05) is 0 Å². The second-order valence-electron chi connectivity index (χ2n) is 4.58. The van der Waals surface area contributed by atoms with Crippen molar-refractivity contribution in [1.82, 2.24) is 14.8 Å². The summed E-state index contributed by atoms with van der Waals surface area (Å²) in [5.74, 6) is -0.968. The number of pyridine rings is 1. The Kier molecular flexibility index (Phi) is 3.47. The van der Waals surface area contributed by atoms with Gasteiger partial charge in [-0.05, 0) is 35.0 Å². The van der Waals surface area contributed by atoms with Crippen LogP contribution < -0.4 is 0 Å². The van der Waals surface area contributed by atoms with Crippen LogP contribution in [0.5, 0.6) is 0 Å². The predicted molar refractivity (Wildman–Crippen MR) is 83.3 cm³/mol. The molecule has 0 aliphatic rings. The maximum absolute atomic E-state index is 11.5. The molecular formula is C15H12BrN3O2. The summed E-state index contributed by atoms with van der Waals surface area (Å²) in [4.78, 5) is 16.1. The van der Waals surface area contributed by atoms with Crippen LogP contribution in [0, 0.1) is 0 Å². The molecule has 1 N–H and O–H groups in total. The molecular weight excluding hydrogens is 334 g/mol. The molecule has 106 valence electrons. The number of aryl methyl sites for hydroxylation is 1. The molecule has 0 unspecified atom stereocenters. The second kappa shape index (κ2) is 5.29. The Hall–Kier alpha value is -2.21. The molecule has 0 spiro atoms. The molecule has 5 nitrogen and oxygen atoms in total. The first kappa shape index (κ1) is 13.8. The Morgan fingerprint density at radius 1 is 1.43 bits per heavy atom. The maximum Gasteiger partial charge on any atom is 0.336 e. The van der Waals surface area contributed by atoms with E-state index in [2.05, 4.69) is 26.0 Å². The van der Waals surface area contributed by atoms with E-state index in [0.717, 1.165) is 16.6 Å². The third-order valence-electron chi connectivity index (χ3n) is 3.27. The highest BCUT2D eigenvalue weighted by Gasteiger charge is 2.15. The first-order chi connectivity index (χ1) is 10.1. The van der Waals surface area contributed by atoms with Crippen molar-refractivity contribution in [3.8, 4) is 11.3 Å². The summed E-state index contributed by atoms with van der Waals surface area (Å²) in [5, 5.41) is 14.3. The molecule has 0 saturated carbocycles. The second-order valence-corrected chi connectivity index (χ2v) is 5.44. The first-order valence-electron chi connectivity index (χ1n) is 6.45. The van der Waals surface area contributed by atoms with Crippen LogP contribution in [-0.4, -0.2) is 25.8 Å². The quantitative estimate of drug-likeness (QED) is 0.787. The Balaban J connectivity index is 2.29. The zero-order valence-electron chi connectivity index (χ0n) is 11.2. The van der Waals surface area contributed by atoms with Crippen LogP contribution in [0.2, 0.25) is 0 Å². The van der Waals surface area contributed by atoms with Crippen molar-refractivity contribution >= 4 is 32.8 Å². The van der Waals surface area contributed by atoms with Gasteiger partial charge >= 0.3 is 5.97 Å². The number of carbonyl (C=O) groups is 1. The van der Waals surface area contributed by atoms with Gasteiger partial charge in [-0.15, -0.1) is 0 Å². The zero-order chi connectivity index (χ0) is 15.0. The molecule has 0 bridgehead atoms. The van der Waals surface area contributed by atoms with Crippen molar-refractivity contribution in [3.05, 3.63) is 46.7 Å². The van der Waals surface area contributed by atoms with Crippen molar-refractivity contribution in [2.45, 2.75) is 13.5 Å². The van der Waals surface area contributed by atoms with Gasteiger partial charge in [0.2, 0.25) is 0 Å². The normalized spacial score (nSPS) is 11.0. The molecule has 0 atom stereocenters. The highest BCUT2D eigenvalue weighted by molar-refractivity contribution is 9.10. The molecule has 6 heteroatoms. The van der Waals surface area contributed by atoms with E-state index < -0.39 is 5.97 Å². The average molecular weight is 346 g/mol. The van der Waals surface area contributed by atoms with Gasteiger partial charge in [-0.1, -0.05) is 12.1 Å². The van der Waals surface area contributed by atoms with Gasteiger partial charge in [-0.2, -0.15) is 5.10 Å². The van der Waals surface area contributed by atoms with Crippen molar-refractivity contribution in [3.63, 3.8) is 0 Å². The van der Waals surface area contributed by atoms with Gasteiger partial charge in [-0.3, -0.25) is 4.68 Å². The monoisotopic (exact) mass is 345 g/mol. The van der Waals surface area contributed by atoms with Crippen LogP contribution in [-0.2, 0) is 6.54 Å². The van der Waals surface area contributed by atoms with Gasteiger partial charge in [0.15, 0.2) is 0 Å². The Bertz CT molecular complexity index is 842. The van der Waals surface area contributed by atoms with E-state index in [0.29, 0.717) is 16.6 Å². The molecule has 21 heavy (non-hydrogen) atoms. The lowest BCUT2D eigenvalue weighted by atomic mass is 10.1. The van der Waals surface area contributed by atoms with Gasteiger partial charge in [-0.25, -0.2) is 9.78 Å². The number of nitrogens with zero attached hydrogens (tertiary/aromatic N) is 3. The molecule has 3 rings (SSSR count). The third kappa shape index (κ3) is 2.42. The summed E-state index contributed by atoms with van der Waals surface area (Å²) < 4.78 is 2.55. The average Bonchev–Trinajstić information content (AvgIpc) is 2.95.